The van der Waals surface area contributed by atoms with E-state index in [1.807, 2.05) is 0 Å². The zero-order valence-corrected chi connectivity index (χ0v) is 20.1. The maximum absolute atomic E-state index is 13.3. The second-order valence-electron chi connectivity index (χ2n) is 7.58. The third kappa shape index (κ3) is 7.12. The van der Waals surface area contributed by atoms with Gasteiger partial charge in [-0.2, -0.15) is 47.9 Å². The topological polar surface area (TPSA) is 110 Å². The SMILES string of the molecule is O=S(=O)(O)c1ccccc1Oc1ccc(C(F)(F)F)cc1NS(=O)(=O)c1cc(C(F)(F)F)cc(C(F)(F)F)c1. The maximum Gasteiger partial charge on any atom is 0.416 e. The van der Waals surface area contributed by atoms with Gasteiger partial charge in [0.25, 0.3) is 20.1 Å². The number of alkyl halides is 9. The van der Waals surface area contributed by atoms with Crippen LogP contribution in [0.4, 0.5) is 45.2 Å². The lowest BCUT2D eigenvalue weighted by Gasteiger charge is -2.18. The molecule has 2 N–H and O–H groups in total. The number of benzene rings is 3. The quantitative estimate of drug-likeness (QED) is 0.241. The minimum atomic E-state index is -5.46. The van der Waals surface area contributed by atoms with E-state index in [1.54, 1.807) is 0 Å². The van der Waals surface area contributed by atoms with E-state index in [-0.39, 0.29) is 24.3 Å². The fourth-order valence-electron chi connectivity index (χ4n) is 3.03. The molecule has 7 nitrogen and oxygen atoms in total. The van der Waals surface area contributed by atoms with Gasteiger partial charge in [0.2, 0.25) is 0 Å². The highest BCUT2D eigenvalue weighted by atomic mass is 32.2. The Bertz CT molecular complexity index is 1580. The second-order valence-corrected chi connectivity index (χ2v) is 10.7. The van der Waals surface area contributed by atoms with Gasteiger partial charge in [-0.1, -0.05) is 12.1 Å². The molecule has 212 valence electrons. The van der Waals surface area contributed by atoms with Gasteiger partial charge in [0.1, 0.15) is 10.6 Å². The maximum atomic E-state index is 13.3. The molecule has 0 saturated carbocycles. The summed E-state index contributed by atoms with van der Waals surface area (Å²) in [7, 11) is -10.4. The van der Waals surface area contributed by atoms with Gasteiger partial charge in [0, 0.05) is 0 Å². The number of hydrogen-bond acceptors (Lipinski definition) is 5. The summed E-state index contributed by atoms with van der Waals surface area (Å²) >= 11 is 0. The van der Waals surface area contributed by atoms with Crippen molar-refractivity contribution in [1.82, 2.24) is 0 Å². The fourth-order valence-corrected chi connectivity index (χ4v) is 4.77. The first-order chi connectivity index (χ1) is 17.6. The van der Waals surface area contributed by atoms with Crippen LogP contribution in [0.3, 0.4) is 0 Å². The molecule has 0 amide bonds. The number of rotatable bonds is 6. The van der Waals surface area contributed by atoms with Gasteiger partial charge in [-0.05, 0) is 48.5 Å². The minimum absolute atomic E-state index is 0.112. The number of hydrogen-bond donors (Lipinski definition) is 2. The summed E-state index contributed by atoms with van der Waals surface area (Å²) in [5, 5.41) is 0. The number of anilines is 1. The number of ether oxygens (including phenoxy) is 1. The third-order valence-corrected chi connectivity index (χ3v) is 7.01. The van der Waals surface area contributed by atoms with Crippen LogP contribution in [0.1, 0.15) is 16.7 Å². The molecule has 0 fully saturated rings. The molecule has 0 saturated heterocycles. The van der Waals surface area contributed by atoms with Gasteiger partial charge in [0.05, 0.1) is 27.3 Å². The largest absolute Gasteiger partial charge is 0.454 e. The number of nitrogens with one attached hydrogen (secondary N) is 1. The van der Waals surface area contributed by atoms with Crippen molar-refractivity contribution < 1.29 is 65.6 Å². The van der Waals surface area contributed by atoms with Crippen LogP contribution in [-0.4, -0.2) is 21.4 Å². The molecule has 3 rings (SSSR count). The smallest absolute Gasteiger partial charge is 0.416 e. The van der Waals surface area contributed by atoms with E-state index in [4.69, 9.17) is 4.74 Å². The van der Waals surface area contributed by atoms with E-state index in [0.29, 0.717) is 12.1 Å². The first-order valence-corrected chi connectivity index (χ1v) is 12.8. The monoisotopic (exact) mass is 609 g/mol. The highest BCUT2D eigenvalue weighted by molar-refractivity contribution is 7.92. The minimum Gasteiger partial charge on any atom is -0.454 e. The lowest BCUT2D eigenvalue weighted by Crippen LogP contribution is -2.18. The molecule has 39 heavy (non-hydrogen) atoms. The van der Waals surface area contributed by atoms with Crippen LogP contribution in [0, 0.1) is 0 Å². The summed E-state index contributed by atoms with van der Waals surface area (Å²) in [6.07, 6.45) is -16.0. The summed E-state index contributed by atoms with van der Waals surface area (Å²) < 4.78 is 184. The summed E-state index contributed by atoms with van der Waals surface area (Å²) in [6, 6.07) is 4.33. The number of sulfonamides is 1. The standard InChI is InChI=1S/C21H12F9NO6S2/c22-19(23,24)11-5-6-16(37-17-3-1-2-4-18(17)39(34,35)36)15(10-11)31-38(32,33)14-8-12(20(25,26)27)7-13(9-14)21(28,29)30/h1-10,31H,(H,34,35,36). The van der Waals surface area contributed by atoms with Crippen LogP contribution in [0.25, 0.3) is 0 Å². The average molecular weight is 609 g/mol. The normalized spacial score (nSPS) is 13.3. The van der Waals surface area contributed by atoms with E-state index in [1.165, 1.54) is 10.8 Å². The Morgan fingerprint density at radius 3 is 1.64 bits per heavy atom. The average Bonchev–Trinajstić information content (AvgIpc) is 2.77. The fraction of sp³-hybridized carbons (Fsp3) is 0.143. The van der Waals surface area contributed by atoms with Crippen molar-refractivity contribution in [3.63, 3.8) is 0 Å². The van der Waals surface area contributed by atoms with E-state index >= 15 is 0 Å². The summed E-state index contributed by atoms with van der Waals surface area (Å²) in [5.74, 6) is -1.57. The molecule has 0 heterocycles. The van der Waals surface area contributed by atoms with E-state index in [2.05, 4.69) is 0 Å². The van der Waals surface area contributed by atoms with E-state index < -0.39 is 82.3 Å². The molecule has 18 heteroatoms. The second kappa shape index (κ2) is 9.91. The van der Waals surface area contributed by atoms with Crippen molar-refractivity contribution in [1.29, 1.82) is 0 Å². The third-order valence-electron chi connectivity index (χ3n) is 4.77. The summed E-state index contributed by atoms with van der Waals surface area (Å²) in [5.41, 5.74) is -6.68. The molecule has 0 aliphatic carbocycles. The van der Waals surface area contributed by atoms with Crippen LogP contribution < -0.4 is 9.46 Å². The van der Waals surface area contributed by atoms with Crippen LogP contribution in [0.15, 0.2) is 70.5 Å². The molecule has 0 unspecified atom stereocenters. The zero-order valence-electron chi connectivity index (χ0n) is 18.5. The zero-order chi connectivity index (χ0) is 29.6. The molecule has 0 aliphatic heterocycles. The lowest BCUT2D eigenvalue weighted by atomic mass is 10.1. The summed E-state index contributed by atoms with van der Waals surface area (Å²) in [6.45, 7) is 0. The molecule has 0 atom stereocenters. The van der Waals surface area contributed by atoms with Gasteiger partial charge < -0.3 is 4.74 Å². The van der Waals surface area contributed by atoms with Gasteiger partial charge in [0.15, 0.2) is 5.75 Å². The Kier molecular flexibility index (Phi) is 7.63. The van der Waals surface area contributed by atoms with Crippen LogP contribution in [0.5, 0.6) is 11.5 Å². The Labute approximate surface area is 213 Å². The Hall–Kier alpha value is -3.51. The van der Waals surface area contributed by atoms with Crippen molar-refractivity contribution in [2.75, 3.05) is 4.72 Å². The molecule has 0 radical (unpaired) electrons. The highest BCUT2D eigenvalue weighted by Gasteiger charge is 2.39. The molecule has 0 aliphatic rings. The molecule has 3 aromatic carbocycles. The van der Waals surface area contributed by atoms with Crippen molar-refractivity contribution in [3.05, 3.63) is 77.4 Å². The predicted molar refractivity (Wildman–Crippen MR) is 115 cm³/mol. The number of halogens is 9. The first kappa shape index (κ1) is 30.0. The highest BCUT2D eigenvalue weighted by Crippen LogP contribution is 2.41. The lowest BCUT2D eigenvalue weighted by molar-refractivity contribution is -0.143. The van der Waals surface area contributed by atoms with Crippen LogP contribution in [-0.2, 0) is 38.7 Å². The van der Waals surface area contributed by atoms with Crippen molar-refractivity contribution in [2.24, 2.45) is 0 Å². The molecule has 0 spiro atoms. The molecular weight excluding hydrogens is 597 g/mol. The molecular formula is C21H12F9NO6S2. The van der Waals surface area contributed by atoms with Crippen molar-refractivity contribution in [3.8, 4) is 11.5 Å². The van der Waals surface area contributed by atoms with Crippen LogP contribution >= 0.6 is 0 Å². The molecule has 0 aromatic heterocycles. The Balaban J connectivity index is 2.19. The Morgan fingerprint density at radius 2 is 1.15 bits per heavy atom. The van der Waals surface area contributed by atoms with Gasteiger partial charge in [-0.3, -0.25) is 9.27 Å². The number of para-hydroxylation sites is 1. The van der Waals surface area contributed by atoms with Crippen molar-refractivity contribution in [2.45, 2.75) is 28.3 Å². The van der Waals surface area contributed by atoms with Crippen molar-refractivity contribution >= 4 is 25.8 Å². The predicted octanol–water partition coefficient (Wildman–Crippen LogP) is 6.58. The van der Waals surface area contributed by atoms with E-state index in [0.717, 1.165) is 18.2 Å². The van der Waals surface area contributed by atoms with E-state index in [9.17, 15) is 60.9 Å². The van der Waals surface area contributed by atoms with Gasteiger partial charge >= 0.3 is 18.5 Å². The summed E-state index contributed by atoms with van der Waals surface area (Å²) in [4.78, 5) is -2.50. The molecule has 3 aromatic rings. The molecule has 0 bridgehead atoms. The Morgan fingerprint density at radius 1 is 0.641 bits per heavy atom. The first-order valence-electron chi connectivity index (χ1n) is 9.87. The van der Waals surface area contributed by atoms with Gasteiger partial charge in [-0.25, -0.2) is 8.42 Å². The van der Waals surface area contributed by atoms with Crippen LogP contribution in [0.2, 0.25) is 0 Å². The van der Waals surface area contributed by atoms with Gasteiger partial charge in [-0.15, -0.1) is 0 Å².